The number of cyclic esters (lactones) is 1. The normalized spacial score (nSPS) is 18.3. The smallest absolute Gasteiger partial charge is 0.407 e. The number of carbonyl (C=O) groups excluding carboxylic acids is 4. The highest BCUT2D eigenvalue weighted by atomic mass is 16.6. The van der Waals surface area contributed by atoms with E-state index in [9.17, 15) is 24.3 Å². The van der Waals surface area contributed by atoms with Crippen LogP contribution in [0.4, 0.5) is 4.79 Å². The number of nitrogens with one attached hydrogen (secondary N) is 2. The van der Waals surface area contributed by atoms with Gasteiger partial charge in [0.25, 0.3) is 0 Å². The van der Waals surface area contributed by atoms with Crippen molar-refractivity contribution in [1.82, 2.24) is 15.5 Å². The maximum Gasteiger partial charge on any atom is 0.407 e. The van der Waals surface area contributed by atoms with Crippen LogP contribution in [0.5, 0.6) is 0 Å². The Morgan fingerprint density at radius 3 is 2.32 bits per heavy atom. The fourth-order valence-corrected chi connectivity index (χ4v) is 6.08. The lowest BCUT2D eigenvalue weighted by atomic mass is 9.98. The van der Waals surface area contributed by atoms with Crippen molar-refractivity contribution in [2.75, 3.05) is 32.9 Å². The number of alkyl carbamates (subject to hydrolysis) is 1. The zero-order valence-corrected chi connectivity index (χ0v) is 26.3. The third kappa shape index (κ3) is 8.86. The van der Waals surface area contributed by atoms with E-state index >= 15 is 0 Å². The summed E-state index contributed by atoms with van der Waals surface area (Å²) in [7, 11) is 0. The second kappa shape index (κ2) is 16.6. The summed E-state index contributed by atoms with van der Waals surface area (Å²) in [5.74, 6) is -1.93. The number of hydrogen-bond donors (Lipinski definition) is 3. The molecular weight excluding hydrogens is 598 g/mol. The first-order valence-electron chi connectivity index (χ1n) is 16.1. The number of aliphatic hydroxyl groups excluding tert-OH is 1. The van der Waals surface area contributed by atoms with Crippen LogP contribution in [0, 0.1) is 5.92 Å². The van der Waals surface area contributed by atoms with Crippen LogP contribution < -0.4 is 10.6 Å². The predicted molar refractivity (Wildman–Crippen MR) is 176 cm³/mol. The molecule has 47 heavy (non-hydrogen) atoms. The lowest BCUT2D eigenvalue weighted by Crippen LogP contribution is -2.43. The molecular formula is C37H41N3O7. The quantitative estimate of drug-likeness (QED) is 0.235. The highest BCUT2D eigenvalue weighted by Gasteiger charge is 2.30. The van der Waals surface area contributed by atoms with Gasteiger partial charge in [0.1, 0.15) is 19.3 Å². The molecule has 3 amide bonds. The first kappa shape index (κ1) is 33.4. The van der Waals surface area contributed by atoms with Gasteiger partial charge in [-0.25, -0.2) is 9.59 Å². The lowest BCUT2D eigenvalue weighted by molar-refractivity contribution is -0.146. The number of amides is 3. The zero-order chi connectivity index (χ0) is 33.0. The minimum atomic E-state index is -0.936. The van der Waals surface area contributed by atoms with Gasteiger partial charge in [-0.05, 0) is 47.1 Å². The molecule has 5 rings (SSSR count). The number of carbonyl (C=O) groups is 4. The molecule has 246 valence electrons. The molecule has 0 saturated heterocycles. The highest BCUT2D eigenvalue weighted by molar-refractivity contribution is 5.86. The number of fused-ring (bicyclic) bond motifs is 3. The first-order chi connectivity index (χ1) is 22.9. The van der Waals surface area contributed by atoms with Gasteiger partial charge in [0, 0.05) is 25.4 Å². The molecule has 10 heteroatoms. The zero-order valence-electron chi connectivity index (χ0n) is 26.3. The molecule has 0 radical (unpaired) electrons. The Bertz CT molecular complexity index is 1530. The minimum Gasteiger partial charge on any atom is -0.462 e. The second-order valence-corrected chi connectivity index (χ2v) is 11.7. The van der Waals surface area contributed by atoms with Crippen LogP contribution >= 0.6 is 0 Å². The Morgan fingerprint density at radius 1 is 0.936 bits per heavy atom. The SMILES string of the molecule is O=C(N[C@H]1CCC=CC[C@H](CC(=O)N(CCO)Cc2ccccc2)C(=O)NCCOC1=O)OCC1c2ccccc2-c2ccccc21. The van der Waals surface area contributed by atoms with Gasteiger partial charge in [-0.1, -0.05) is 91.0 Å². The second-order valence-electron chi connectivity index (χ2n) is 11.7. The summed E-state index contributed by atoms with van der Waals surface area (Å²) in [6, 6.07) is 24.6. The van der Waals surface area contributed by atoms with Crippen molar-refractivity contribution in [3.8, 4) is 11.1 Å². The molecule has 3 aromatic rings. The summed E-state index contributed by atoms with van der Waals surface area (Å²) in [5, 5.41) is 15.0. The van der Waals surface area contributed by atoms with E-state index < -0.39 is 24.0 Å². The molecule has 0 unspecified atom stereocenters. The average Bonchev–Trinajstić information content (AvgIpc) is 3.41. The predicted octanol–water partition coefficient (Wildman–Crippen LogP) is 4.32. The van der Waals surface area contributed by atoms with Gasteiger partial charge in [0.15, 0.2) is 0 Å². The standard InChI is InChI=1S/C37H41N3O7/c41-21-20-40(24-26-11-3-1-4-12-26)34(42)23-27-13-5-2-6-18-33(36(44)46-22-19-38-35(27)43)39-37(45)47-25-32-30-16-9-7-14-28(30)29-15-8-10-17-31(29)32/h1-5,7-12,14-17,27,32-33,41H,6,13,18-25H2,(H,38,43)(H,39,45)/t27-,33+/m1/s1. The number of nitrogens with zero attached hydrogens (tertiary/aromatic N) is 1. The van der Waals surface area contributed by atoms with Crippen molar-refractivity contribution >= 4 is 23.9 Å². The molecule has 3 N–H and O–H groups in total. The molecule has 1 aliphatic heterocycles. The summed E-state index contributed by atoms with van der Waals surface area (Å²) in [6.07, 6.45) is 3.92. The van der Waals surface area contributed by atoms with Crippen molar-refractivity contribution in [3.05, 3.63) is 108 Å². The van der Waals surface area contributed by atoms with Crippen LogP contribution in [0.15, 0.2) is 91.0 Å². The Kier molecular flexibility index (Phi) is 11.8. The number of allylic oxidation sites excluding steroid dienone is 2. The molecule has 0 fully saturated rings. The van der Waals surface area contributed by atoms with Crippen molar-refractivity contribution in [3.63, 3.8) is 0 Å². The number of ether oxygens (including phenoxy) is 2. The molecule has 0 aromatic heterocycles. The molecule has 0 spiro atoms. The summed E-state index contributed by atoms with van der Waals surface area (Å²) in [6.45, 7) is 0.387. The maximum atomic E-state index is 13.2. The monoisotopic (exact) mass is 639 g/mol. The van der Waals surface area contributed by atoms with Gasteiger partial charge < -0.3 is 30.1 Å². The van der Waals surface area contributed by atoms with Crippen LogP contribution in [0.1, 0.15) is 48.3 Å². The highest BCUT2D eigenvalue weighted by Crippen LogP contribution is 2.44. The Hall–Kier alpha value is -4.96. The van der Waals surface area contributed by atoms with E-state index in [0.717, 1.165) is 27.8 Å². The van der Waals surface area contributed by atoms with E-state index in [0.29, 0.717) is 19.4 Å². The molecule has 10 nitrogen and oxygen atoms in total. The van der Waals surface area contributed by atoms with E-state index in [-0.39, 0.29) is 63.5 Å². The van der Waals surface area contributed by atoms with Crippen LogP contribution in [-0.2, 0) is 30.4 Å². The van der Waals surface area contributed by atoms with Crippen molar-refractivity contribution in [2.45, 2.75) is 44.2 Å². The van der Waals surface area contributed by atoms with Crippen molar-refractivity contribution in [2.24, 2.45) is 5.92 Å². The fraction of sp³-hybridized carbons (Fsp3) is 0.351. The van der Waals surface area contributed by atoms with Crippen LogP contribution in [0.25, 0.3) is 11.1 Å². The van der Waals surface area contributed by atoms with Crippen molar-refractivity contribution in [1.29, 1.82) is 0 Å². The molecule has 1 heterocycles. The number of hydrogen-bond acceptors (Lipinski definition) is 7. The number of aliphatic hydroxyl groups is 1. The van der Waals surface area contributed by atoms with Crippen LogP contribution in [0.2, 0.25) is 0 Å². The molecule has 3 aromatic carbocycles. The van der Waals surface area contributed by atoms with Gasteiger partial charge in [-0.3, -0.25) is 9.59 Å². The largest absolute Gasteiger partial charge is 0.462 e. The number of benzene rings is 3. The van der Waals surface area contributed by atoms with E-state index in [1.54, 1.807) is 4.90 Å². The third-order valence-corrected chi connectivity index (χ3v) is 8.51. The summed E-state index contributed by atoms with van der Waals surface area (Å²) < 4.78 is 11.0. The summed E-state index contributed by atoms with van der Waals surface area (Å²) in [5.41, 5.74) is 5.35. The fourth-order valence-electron chi connectivity index (χ4n) is 6.08. The molecule has 1 aliphatic carbocycles. The third-order valence-electron chi connectivity index (χ3n) is 8.51. The van der Waals surface area contributed by atoms with Gasteiger partial charge in [-0.15, -0.1) is 0 Å². The topological polar surface area (TPSA) is 134 Å². The molecule has 0 saturated carbocycles. The molecule has 2 aliphatic rings. The van der Waals surface area contributed by atoms with Gasteiger partial charge in [-0.2, -0.15) is 0 Å². The van der Waals surface area contributed by atoms with E-state index in [4.69, 9.17) is 9.47 Å². The lowest BCUT2D eigenvalue weighted by Gasteiger charge is -2.24. The Balaban J connectivity index is 1.16. The summed E-state index contributed by atoms with van der Waals surface area (Å²) >= 11 is 0. The van der Waals surface area contributed by atoms with Gasteiger partial charge in [0.2, 0.25) is 11.8 Å². The maximum absolute atomic E-state index is 13.2. The Morgan fingerprint density at radius 2 is 1.62 bits per heavy atom. The average molecular weight is 640 g/mol. The Labute approximate surface area is 274 Å². The van der Waals surface area contributed by atoms with Crippen LogP contribution in [0.3, 0.4) is 0 Å². The minimum absolute atomic E-state index is 0.0330. The van der Waals surface area contributed by atoms with E-state index in [2.05, 4.69) is 22.8 Å². The van der Waals surface area contributed by atoms with Gasteiger partial charge in [0.05, 0.1) is 19.1 Å². The van der Waals surface area contributed by atoms with E-state index in [1.165, 1.54) is 0 Å². The van der Waals surface area contributed by atoms with Crippen molar-refractivity contribution < 1.29 is 33.8 Å². The summed E-state index contributed by atoms with van der Waals surface area (Å²) in [4.78, 5) is 53.6. The number of rotatable bonds is 9. The van der Waals surface area contributed by atoms with Gasteiger partial charge >= 0.3 is 12.1 Å². The number of esters is 1. The first-order valence-corrected chi connectivity index (χ1v) is 16.1. The van der Waals surface area contributed by atoms with Crippen LogP contribution in [-0.4, -0.2) is 72.8 Å². The molecule has 2 atom stereocenters. The van der Waals surface area contributed by atoms with E-state index in [1.807, 2.05) is 78.9 Å². The molecule has 0 bridgehead atoms.